The number of aryl methyl sites for hydroxylation is 3. The molecule has 2 aliphatic heterocycles. The van der Waals surface area contributed by atoms with Crippen LogP contribution in [0, 0.1) is 32.9 Å². The van der Waals surface area contributed by atoms with E-state index in [0.717, 1.165) is 104 Å². The molecule has 3 fully saturated rings. The maximum absolute atomic E-state index is 13.4. The van der Waals surface area contributed by atoms with Gasteiger partial charge in [-0.05, 0) is 160 Å². The Morgan fingerprint density at radius 1 is 0.553 bits per heavy atom. The van der Waals surface area contributed by atoms with Crippen LogP contribution in [0.4, 0.5) is 0 Å². The molecule has 1 saturated carbocycles. The van der Waals surface area contributed by atoms with Gasteiger partial charge < -0.3 is 28.5 Å². The van der Waals surface area contributed by atoms with Crippen molar-refractivity contribution in [2.45, 2.75) is 183 Å². The van der Waals surface area contributed by atoms with Gasteiger partial charge in [0.25, 0.3) is 0 Å². The molecule has 10 nitrogen and oxygen atoms in total. The Kier molecular flexibility index (Phi) is 30.1. The minimum absolute atomic E-state index is 0. The number of rotatable bonds is 25. The van der Waals surface area contributed by atoms with Gasteiger partial charge in [0.2, 0.25) is 0 Å². The van der Waals surface area contributed by atoms with E-state index in [4.69, 9.17) is 18.3 Å². The van der Waals surface area contributed by atoms with E-state index < -0.39 is 24.0 Å². The van der Waals surface area contributed by atoms with Gasteiger partial charge in [-0.3, -0.25) is 9.80 Å². The van der Waals surface area contributed by atoms with Gasteiger partial charge in [-0.25, -0.2) is 9.59 Å². The van der Waals surface area contributed by atoms with Gasteiger partial charge in [0.1, 0.15) is 47.4 Å². The molecule has 2 N–H and O–H groups in total. The zero-order chi connectivity index (χ0) is 64.4. The number of hydrogen-bond donors (Lipinski definition) is 2. The molecule has 4 heterocycles. The number of fused-ring (bicyclic) bond motifs is 2. The molecule has 0 bridgehead atoms. The molecular weight excluding hydrogens is 1430 g/mol. The summed E-state index contributed by atoms with van der Waals surface area (Å²) in [5, 5.41) is 22.8. The maximum atomic E-state index is 13.4. The molecule has 94 heavy (non-hydrogen) atoms. The van der Waals surface area contributed by atoms with Gasteiger partial charge in [0.05, 0.1) is 0 Å². The number of phenols is 2. The van der Waals surface area contributed by atoms with E-state index in [2.05, 4.69) is 70.6 Å². The Morgan fingerprint density at radius 2 is 1.00 bits per heavy atom. The predicted molar refractivity (Wildman–Crippen MR) is 380 cm³/mol. The topological polar surface area (TPSA) is 126 Å². The summed E-state index contributed by atoms with van der Waals surface area (Å²) >= 11 is -1.91. The van der Waals surface area contributed by atoms with Gasteiger partial charge in [-0.2, -0.15) is 59.7 Å². The molecule has 494 valence electrons. The number of likely N-dealkylation sites (tertiary alicyclic amines) is 2. The number of ether oxygens (including phenoxy) is 2. The van der Waals surface area contributed by atoms with Crippen LogP contribution in [0.15, 0.2) is 137 Å². The molecule has 4 aliphatic rings. The van der Waals surface area contributed by atoms with E-state index in [0.29, 0.717) is 54.3 Å². The van der Waals surface area contributed by atoms with Gasteiger partial charge in [0.15, 0.2) is 0 Å². The second-order valence-corrected chi connectivity index (χ2v) is 40.1. The van der Waals surface area contributed by atoms with E-state index in [-0.39, 0.29) is 82.5 Å². The van der Waals surface area contributed by atoms with Crippen LogP contribution in [0.1, 0.15) is 180 Å². The zero-order valence-electron chi connectivity index (χ0n) is 57.2. The van der Waals surface area contributed by atoms with Crippen LogP contribution in [0.3, 0.4) is 0 Å². The normalized spacial score (nSPS) is 15.1. The summed E-state index contributed by atoms with van der Waals surface area (Å²) in [6.45, 7) is 20.9. The average molecular weight is 1530 g/mol. The number of aromatic hydroxyl groups is 2. The van der Waals surface area contributed by atoms with Gasteiger partial charge >= 0.3 is 131 Å². The molecule has 6 aromatic carbocycles. The first-order chi connectivity index (χ1) is 44.8. The van der Waals surface area contributed by atoms with Crippen molar-refractivity contribution in [2.75, 3.05) is 52.5 Å². The van der Waals surface area contributed by atoms with Crippen molar-refractivity contribution >= 4 is 40.3 Å². The summed E-state index contributed by atoms with van der Waals surface area (Å²) in [6, 6.07) is 40.9. The van der Waals surface area contributed by atoms with E-state index in [1.807, 2.05) is 99.6 Å². The van der Waals surface area contributed by atoms with Crippen molar-refractivity contribution < 1.29 is 93.9 Å². The van der Waals surface area contributed by atoms with Crippen LogP contribution >= 0.6 is 0 Å². The first-order valence-electron chi connectivity index (χ1n) is 35.0. The van der Waals surface area contributed by atoms with Crippen LogP contribution < -0.4 is 20.7 Å². The largest absolute Gasteiger partial charge is 0.508 e. The summed E-state index contributed by atoms with van der Waals surface area (Å²) in [4.78, 5) is 31.5. The Balaban J connectivity index is 0.000000191. The molecular formula is C81H100N2O8SnY2-2. The predicted octanol–water partition coefficient (Wildman–Crippen LogP) is 19.1. The molecule has 0 spiro atoms. The van der Waals surface area contributed by atoms with Crippen molar-refractivity contribution in [1.29, 1.82) is 0 Å². The quantitative estimate of drug-likeness (QED) is 0.0325. The Morgan fingerprint density at radius 3 is 1.43 bits per heavy atom. The number of nitrogens with zero attached hydrogens (tertiary/aromatic N) is 2. The smallest absolute Gasteiger partial charge is 0.342 e. The summed E-state index contributed by atoms with van der Waals surface area (Å²) in [7, 11) is 0. The fraction of sp³-hybridized carbons (Fsp3) is 0.457. The van der Waals surface area contributed by atoms with Crippen LogP contribution in [0.5, 0.6) is 23.0 Å². The third-order valence-electron chi connectivity index (χ3n) is 20.1. The monoisotopic (exact) mass is 1530 g/mol. The fourth-order valence-electron chi connectivity index (χ4n) is 14.8. The van der Waals surface area contributed by atoms with Crippen molar-refractivity contribution in [2.24, 2.45) is 0 Å². The molecule has 8 aromatic rings. The molecule has 2 aromatic heterocycles. The third-order valence-corrected chi connectivity index (χ3v) is 36.5. The first-order valence-corrected chi connectivity index (χ1v) is 42.5. The van der Waals surface area contributed by atoms with Crippen LogP contribution in [-0.2, 0) is 78.3 Å². The van der Waals surface area contributed by atoms with Crippen molar-refractivity contribution in [1.82, 2.24) is 9.80 Å². The van der Waals surface area contributed by atoms with Crippen molar-refractivity contribution in [3.63, 3.8) is 0 Å². The SMILES string of the molecule is CCC[CH2][Sn]([CH2]CCC)([CH2]CCC)[C]1=CCCC1.Cc1c[c-]ccc1-c1c(Cc2ccc(OCCN3CCCC3)cc2)c2cc(C3CCCC3)c(O)cc2oc1=O.Cc1cc2c(Cc3ccc(OCCN4CCCC4)cc3)c(-c3cc[c-]cc3C)c(=O)oc2cc1O.[Y].[Y]. The number of allylic oxidation sites excluding steroid dienone is 2. The summed E-state index contributed by atoms with van der Waals surface area (Å²) in [5.74, 6) is 2.37. The maximum Gasteiger partial charge on any atom is 0.342 e. The van der Waals surface area contributed by atoms with E-state index in [9.17, 15) is 19.8 Å². The van der Waals surface area contributed by atoms with Crippen molar-refractivity contribution in [3.05, 3.63) is 196 Å². The van der Waals surface area contributed by atoms with Crippen LogP contribution in [0.2, 0.25) is 13.3 Å². The third kappa shape index (κ3) is 19.7. The average Bonchev–Trinajstić information content (AvgIpc) is 1.39. The van der Waals surface area contributed by atoms with E-state index in [1.54, 1.807) is 19.4 Å². The number of hydrogen-bond acceptors (Lipinski definition) is 10. The molecule has 12 rings (SSSR count). The Bertz CT molecular complexity index is 3840. The summed E-state index contributed by atoms with van der Waals surface area (Å²) in [5.41, 5.74) is 10.4. The van der Waals surface area contributed by atoms with E-state index in [1.165, 1.54) is 129 Å². The zero-order valence-corrected chi connectivity index (χ0v) is 65.7. The number of unbranched alkanes of at least 4 members (excludes halogenated alkanes) is 3. The number of phenolic OH excluding ortho intramolecular Hbond substituents is 2. The first kappa shape index (κ1) is 75.4. The van der Waals surface area contributed by atoms with Crippen molar-refractivity contribution in [3.8, 4) is 45.3 Å². The number of benzene rings is 6. The molecule has 13 heteroatoms. The minimum atomic E-state index is -1.91. The molecule has 2 radical (unpaired) electrons. The van der Waals surface area contributed by atoms with Gasteiger partial charge in [0, 0.05) is 113 Å². The molecule has 0 atom stereocenters. The summed E-state index contributed by atoms with van der Waals surface area (Å²) in [6.07, 6.45) is 26.6. The molecule has 0 amide bonds. The van der Waals surface area contributed by atoms with Crippen LogP contribution in [0.25, 0.3) is 44.2 Å². The minimum Gasteiger partial charge on any atom is -0.508 e. The molecule has 0 unspecified atom stereocenters. The van der Waals surface area contributed by atoms with E-state index >= 15 is 0 Å². The second kappa shape index (κ2) is 37.5. The van der Waals surface area contributed by atoms with Gasteiger partial charge in [-0.1, -0.05) is 51.0 Å². The Labute approximate surface area is 614 Å². The van der Waals surface area contributed by atoms with Crippen LogP contribution in [-0.4, -0.2) is 90.9 Å². The standard InChI is InChI=1S/C34H36NO4.C30H30NO4.C5H7.3C4H9.Sn.2Y/c1-23-8-2-5-11-27(23)33-30(20-24-12-14-26(15-13-24)38-19-18-35-16-6-7-17-35)29-21-28(25-9-3-4-10-25)31(36)22-32(29)39-34(33)37;1-20-7-3-4-8-24(20)29-26(25-17-21(2)27(32)19-28(25)35-30(29)33)18-22-9-11-23(12-10-22)34-16-15-31-13-5-6-14-31;1-2-4-5-3-1;3*1-3-4-2;;;/h5,8,11-15,21-22,25,36H,3-4,6-7,9-10,16-20H2,1H3;4,7-12,17,19,32H,5-6,13-16,18H2,1-2H3;1H,2,4-5H2;3*1,3-4H2,2H3;;;/q2*-1;;;;;;;. The molecule has 2 aliphatic carbocycles. The molecule has 2 saturated heterocycles. The summed E-state index contributed by atoms with van der Waals surface area (Å²) < 4.78 is 30.5. The fourth-order valence-corrected chi connectivity index (χ4v) is 32.1. The second-order valence-electron chi connectivity index (χ2n) is 26.6. The Hall–Kier alpha value is -4.39. The van der Waals surface area contributed by atoms with Gasteiger partial charge in [-0.15, -0.1) is 11.1 Å².